The number of hydrogen-bond acceptors (Lipinski definition) is 2. The van der Waals surface area contributed by atoms with Gasteiger partial charge in [-0.15, -0.1) is 0 Å². The summed E-state index contributed by atoms with van der Waals surface area (Å²) in [5.41, 5.74) is 16.4. The molecule has 0 amide bonds. The van der Waals surface area contributed by atoms with E-state index >= 15 is 0 Å². The summed E-state index contributed by atoms with van der Waals surface area (Å²) in [5, 5.41) is 1.14. The van der Waals surface area contributed by atoms with Crippen molar-refractivity contribution in [1.82, 2.24) is 4.98 Å². The van der Waals surface area contributed by atoms with Crippen LogP contribution in [0.5, 0.6) is 0 Å². The molecule has 0 atom stereocenters. The Morgan fingerprint density at radius 1 is 0.400 bits per heavy atom. The average molecular weight is 641 g/mol. The number of pyridine rings is 1. The largest absolute Gasteiger partial charge is 0.310 e. The number of hydrogen-bond donors (Lipinski definition) is 0. The highest BCUT2D eigenvalue weighted by Crippen LogP contribution is 2.50. The quantitative estimate of drug-likeness (QED) is 0.180. The van der Waals surface area contributed by atoms with Gasteiger partial charge >= 0.3 is 0 Å². The SMILES string of the molecule is CC1(C)c2ccccc2-c2ccc(N(c3ccc(-c4ccccc4)cc3)c3ccc(-c4nc5ccccc5cc4-c4ccccc4)cc3)cc21. The Labute approximate surface area is 294 Å². The third-order valence-electron chi connectivity index (χ3n) is 10.3. The number of para-hydroxylation sites is 1. The molecule has 238 valence electrons. The van der Waals surface area contributed by atoms with Crippen LogP contribution in [0.25, 0.3) is 55.5 Å². The molecule has 0 radical (unpaired) electrons. The van der Waals surface area contributed by atoms with Crippen molar-refractivity contribution in [2.75, 3.05) is 4.90 Å². The monoisotopic (exact) mass is 640 g/mol. The molecule has 0 aliphatic heterocycles. The van der Waals surface area contributed by atoms with Gasteiger partial charge in [0.25, 0.3) is 0 Å². The Bertz CT molecular complexity index is 2480. The second kappa shape index (κ2) is 12.0. The molecule has 9 rings (SSSR count). The van der Waals surface area contributed by atoms with Crippen LogP contribution in [0.15, 0.2) is 182 Å². The van der Waals surface area contributed by atoms with Crippen molar-refractivity contribution in [3.63, 3.8) is 0 Å². The molecule has 8 aromatic rings. The number of anilines is 3. The molecule has 50 heavy (non-hydrogen) atoms. The van der Waals surface area contributed by atoms with Gasteiger partial charge in [-0.1, -0.05) is 147 Å². The topological polar surface area (TPSA) is 16.1 Å². The summed E-state index contributed by atoms with van der Waals surface area (Å²) >= 11 is 0. The molecule has 0 unspecified atom stereocenters. The molecule has 0 spiro atoms. The van der Waals surface area contributed by atoms with E-state index in [9.17, 15) is 0 Å². The third-order valence-corrected chi connectivity index (χ3v) is 10.3. The van der Waals surface area contributed by atoms with Crippen LogP contribution in [-0.2, 0) is 5.41 Å². The van der Waals surface area contributed by atoms with Gasteiger partial charge in [-0.3, -0.25) is 0 Å². The van der Waals surface area contributed by atoms with Crippen LogP contribution in [0.4, 0.5) is 17.1 Å². The van der Waals surface area contributed by atoms with Gasteiger partial charge in [-0.2, -0.15) is 0 Å². The number of aromatic nitrogens is 1. The van der Waals surface area contributed by atoms with Crippen molar-refractivity contribution < 1.29 is 0 Å². The molecule has 1 aliphatic rings. The van der Waals surface area contributed by atoms with Crippen LogP contribution < -0.4 is 4.90 Å². The van der Waals surface area contributed by atoms with Crippen LogP contribution in [0, 0.1) is 0 Å². The molecule has 0 saturated carbocycles. The van der Waals surface area contributed by atoms with E-state index in [1.165, 1.54) is 33.4 Å². The zero-order valence-electron chi connectivity index (χ0n) is 28.2. The zero-order chi connectivity index (χ0) is 33.7. The summed E-state index contributed by atoms with van der Waals surface area (Å²) in [6, 6.07) is 65.4. The molecule has 1 aliphatic carbocycles. The predicted octanol–water partition coefficient (Wildman–Crippen LogP) is 13.0. The van der Waals surface area contributed by atoms with E-state index in [1.807, 2.05) is 0 Å². The maximum atomic E-state index is 5.21. The van der Waals surface area contributed by atoms with Gasteiger partial charge in [0.05, 0.1) is 11.2 Å². The molecule has 1 heterocycles. The summed E-state index contributed by atoms with van der Waals surface area (Å²) in [4.78, 5) is 7.59. The van der Waals surface area contributed by atoms with Crippen LogP contribution in [0.3, 0.4) is 0 Å². The first-order valence-electron chi connectivity index (χ1n) is 17.3. The van der Waals surface area contributed by atoms with E-state index in [0.29, 0.717) is 0 Å². The summed E-state index contributed by atoms with van der Waals surface area (Å²) in [5.74, 6) is 0. The standard InChI is InChI=1S/C48H36N2/c1-48(2)44-19-11-10-18-41(44)42-30-29-40(32-45(42)48)50(38-25-21-34(22-26-38)33-13-5-3-6-14-33)39-27-23-36(24-28-39)47-43(35-15-7-4-8-16-35)31-37-17-9-12-20-46(37)49-47/h3-32H,1-2H3. The Kier molecular flexibility index (Phi) is 7.17. The van der Waals surface area contributed by atoms with E-state index in [2.05, 4.69) is 201 Å². The number of fused-ring (bicyclic) bond motifs is 4. The van der Waals surface area contributed by atoms with Crippen LogP contribution in [0.2, 0.25) is 0 Å². The minimum absolute atomic E-state index is 0.0930. The number of rotatable bonds is 6. The molecular weight excluding hydrogens is 605 g/mol. The highest BCUT2D eigenvalue weighted by Gasteiger charge is 2.35. The van der Waals surface area contributed by atoms with Gasteiger partial charge < -0.3 is 4.90 Å². The maximum Gasteiger partial charge on any atom is 0.0788 e. The fourth-order valence-corrected chi connectivity index (χ4v) is 7.65. The van der Waals surface area contributed by atoms with E-state index < -0.39 is 0 Å². The minimum atomic E-state index is -0.0930. The van der Waals surface area contributed by atoms with Gasteiger partial charge in [-0.25, -0.2) is 4.98 Å². The Hall–Kier alpha value is -6.25. The molecule has 7 aromatic carbocycles. The normalized spacial score (nSPS) is 12.8. The first-order valence-corrected chi connectivity index (χ1v) is 17.3. The Morgan fingerprint density at radius 2 is 0.940 bits per heavy atom. The fraction of sp³-hybridized carbons (Fsp3) is 0.0625. The van der Waals surface area contributed by atoms with E-state index in [4.69, 9.17) is 4.98 Å². The Morgan fingerprint density at radius 3 is 1.66 bits per heavy atom. The van der Waals surface area contributed by atoms with Crippen molar-refractivity contribution in [3.05, 3.63) is 193 Å². The van der Waals surface area contributed by atoms with E-state index in [1.54, 1.807) is 0 Å². The van der Waals surface area contributed by atoms with Crippen molar-refractivity contribution in [1.29, 1.82) is 0 Å². The van der Waals surface area contributed by atoms with Gasteiger partial charge in [0, 0.05) is 39.0 Å². The predicted molar refractivity (Wildman–Crippen MR) is 210 cm³/mol. The second-order valence-electron chi connectivity index (χ2n) is 13.6. The lowest BCUT2D eigenvalue weighted by molar-refractivity contribution is 0.660. The maximum absolute atomic E-state index is 5.21. The summed E-state index contributed by atoms with van der Waals surface area (Å²) in [6.07, 6.45) is 0. The van der Waals surface area contributed by atoms with Gasteiger partial charge in [0.1, 0.15) is 0 Å². The molecule has 0 N–H and O–H groups in total. The minimum Gasteiger partial charge on any atom is -0.310 e. The highest BCUT2D eigenvalue weighted by molar-refractivity contribution is 5.92. The van der Waals surface area contributed by atoms with Crippen LogP contribution in [0.1, 0.15) is 25.0 Å². The van der Waals surface area contributed by atoms with Crippen molar-refractivity contribution in [2.24, 2.45) is 0 Å². The lowest BCUT2D eigenvalue weighted by Gasteiger charge is -2.28. The van der Waals surface area contributed by atoms with Gasteiger partial charge in [-0.05, 0) is 87.5 Å². The van der Waals surface area contributed by atoms with Gasteiger partial charge in [0.15, 0.2) is 0 Å². The smallest absolute Gasteiger partial charge is 0.0788 e. The van der Waals surface area contributed by atoms with Crippen molar-refractivity contribution >= 4 is 28.0 Å². The van der Waals surface area contributed by atoms with Crippen LogP contribution >= 0.6 is 0 Å². The van der Waals surface area contributed by atoms with Crippen molar-refractivity contribution in [2.45, 2.75) is 19.3 Å². The molecule has 0 bridgehead atoms. The fourth-order valence-electron chi connectivity index (χ4n) is 7.65. The summed E-state index contributed by atoms with van der Waals surface area (Å²) < 4.78 is 0. The molecule has 1 aromatic heterocycles. The van der Waals surface area contributed by atoms with Crippen LogP contribution in [-0.4, -0.2) is 4.98 Å². The molecule has 2 nitrogen and oxygen atoms in total. The van der Waals surface area contributed by atoms with E-state index in [0.717, 1.165) is 50.3 Å². The molecule has 0 fully saturated rings. The molecular formula is C48H36N2. The number of nitrogens with zero attached hydrogens (tertiary/aromatic N) is 2. The number of benzene rings is 7. The average Bonchev–Trinajstić information content (AvgIpc) is 3.41. The third kappa shape index (κ3) is 5.09. The van der Waals surface area contributed by atoms with Gasteiger partial charge in [0.2, 0.25) is 0 Å². The zero-order valence-corrected chi connectivity index (χ0v) is 28.2. The molecule has 0 saturated heterocycles. The summed E-state index contributed by atoms with van der Waals surface area (Å²) in [6.45, 7) is 4.69. The lowest BCUT2D eigenvalue weighted by Crippen LogP contribution is -2.16. The highest BCUT2D eigenvalue weighted by atomic mass is 15.1. The Balaban J connectivity index is 1.17. The van der Waals surface area contributed by atoms with Crippen molar-refractivity contribution in [3.8, 4) is 44.6 Å². The summed E-state index contributed by atoms with van der Waals surface area (Å²) in [7, 11) is 0. The molecule has 2 heteroatoms. The lowest BCUT2D eigenvalue weighted by atomic mass is 9.82. The second-order valence-corrected chi connectivity index (χ2v) is 13.6. The first-order chi connectivity index (χ1) is 24.5. The first kappa shape index (κ1) is 29.9. The van der Waals surface area contributed by atoms with E-state index in [-0.39, 0.29) is 5.41 Å².